The summed E-state index contributed by atoms with van der Waals surface area (Å²) in [5.74, 6) is 0.553. The number of carbonyl (C=O) groups excluding carboxylic acids is 2. The molecule has 1 atom stereocenters. The Morgan fingerprint density at radius 2 is 1.58 bits per heavy atom. The lowest BCUT2D eigenvalue weighted by Crippen LogP contribution is -2.54. The van der Waals surface area contributed by atoms with Crippen LogP contribution >= 0.6 is 0 Å². The molecule has 1 aliphatic carbocycles. The average molecular weight is 638 g/mol. The summed E-state index contributed by atoms with van der Waals surface area (Å²) in [6, 6.07) is 19.1. The molecule has 1 saturated carbocycles. The topological polar surface area (TPSA) is 114 Å². The number of carbonyl (C=O) groups is 2. The molecule has 11 heteroatoms. The van der Waals surface area contributed by atoms with Gasteiger partial charge in [0.15, 0.2) is 11.5 Å². The molecular formula is C34H43N3O7S. The molecule has 3 aromatic carbocycles. The minimum Gasteiger partial charge on any atom is -0.497 e. The van der Waals surface area contributed by atoms with Gasteiger partial charge in [0.05, 0.1) is 31.9 Å². The highest BCUT2D eigenvalue weighted by molar-refractivity contribution is 7.92. The summed E-state index contributed by atoms with van der Waals surface area (Å²) < 4.78 is 45.5. The number of ether oxygens (including phenoxy) is 3. The second-order valence-electron chi connectivity index (χ2n) is 11.0. The number of amides is 2. The van der Waals surface area contributed by atoms with E-state index in [0.717, 1.165) is 42.0 Å². The molecule has 0 aliphatic heterocycles. The Balaban J connectivity index is 1.75. The molecule has 1 fully saturated rings. The maximum absolute atomic E-state index is 14.4. The standard InChI is InChI=1S/C34H43N3O7S/c1-5-30(34(39)35-26-14-8-6-9-15-26)36(23-25-13-12-16-28(21-25)42-2)33(38)24-37(45(40,41)29-17-10-7-11-18-29)27-19-20-31(43-3)32(22-27)44-4/h7,10-13,16-22,26,30H,5-6,8-9,14-15,23-24H2,1-4H3,(H,35,39)/t30-/m0/s1. The van der Waals surface area contributed by atoms with Crippen LogP contribution in [0.1, 0.15) is 51.0 Å². The number of hydrogen-bond acceptors (Lipinski definition) is 7. The zero-order chi connectivity index (χ0) is 32.4. The normalized spacial score (nSPS) is 14.2. The van der Waals surface area contributed by atoms with Crippen molar-refractivity contribution in [2.24, 2.45) is 0 Å². The number of anilines is 1. The number of rotatable bonds is 14. The van der Waals surface area contributed by atoms with Gasteiger partial charge in [-0.15, -0.1) is 0 Å². The van der Waals surface area contributed by atoms with Crippen molar-refractivity contribution in [1.82, 2.24) is 10.2 Å². The Hall–Kier alpha value is -4.25. The molecule has 4 rings (SSSR count). The quantitative estimate of drug-likeness (QED) is 0.260. The molecule has 1 N–H and O–H groups in total. The van der Waals surface area contributed by atoms with Crippen molar-refractivity contribution in [2.75, 3.05) is 32.2 Å². The molecule has 0 bridgehead atoms. The van der Waals surface area contributed by atoms with Crippen molar-refractivity contribution in [3.8, 4) is 17.2 Å². The highest BCUT2D eigenvalue weighted by Crippen LogP contribution is 2.34. The van der Waals surface area contributed by atoms with E-state index < -0.39 is 28.5 Å². The SMILES string of the molecule is CC[C@@H](C(=O)NC1CCCCC1)N(Cc1cccc(OC)c1)C(=O)CN(c1ccc(OC)c(OC)c1)S(=O)(=O)c1ccccc1. The van der Waals surface area contributed by atoms with Crippen molar-refractivity contribution in [2.45, 2.75) is 69.0 Å². The van der Waals surface area contributed by atoms with Crippen LogP contribution in [-0.2, 0) is 26.2 Å². The van der Waals surface area contributed by atoms with Crippen molar-refractivity contribution >= 4 is 27.5 Å². The van der Waals surface area contributed by atoms with Gasteiger partial charge in [0, 0.05) is 18.7 Å². The van der Waals surface area contributed by atoms with E-state index >= 15 is 0 Å². The van der Waals surface area contributed by atoms with E-state index in [1.165, 1.54) is 37.3 Å². The van der Waals surface area contributed by atoms with Gasteiger partial charge in [-0.3, -0.25) is 13.9 Å². The van der Waals surface area contributed by atoms with Crippen LogP contribution < -0.4 is 23.8 Å². The second-order valence-corrected chi connectivity index (χ2v) is 12.9. The van der Waals surface area contributed by atoms with Gasteiger partial charge in [-0.2, -0.15) is 0 Å². The fourth-order valence-corrected chi connectivity index (χ4v) is 7.09. The first kappa shape index (κ1) is 33.6. The third-order valence-corrected chi connectivity index (χ3v) is 9.88. The Bertz CT molecular complexity index is 1540. The van der Waals surface area contributed by atoms with Crippen molar-refractivity contribution < 1.29 is 32.2 Å². The average Bonchev–Trinajstić information content (AvgIpc) is 3.07. The smallest absolute Gasteiger partial charge is 0.264 e. The summed E-state index contributed by atoms with van der Waals surface area (Å²) in [5.41, 5.74) is 0.959. The van der Waals surface area contributed by atoms with Crippen LogP contribution in [0.3, 0.4) is 0 Å². The summed E-state index contributed by atoms with van der Waals surface area (Å²) in [6.07, 6.45) is 5.38. The molecule has 2 amide bonds. The molecule has 0 spiro atoms. The molecule has 45 heavy (non-hydrogen) atoms. The monoisotopic (exact) mass is 637 g/mol. The zero-order valence-corrected chi connectivity index (χ0v) is 27.2. The van der Waals surface area contributed by atoms with Crippen molar-refractivity contribution in [1.29, 1.82) is 0 Å². The number of nitrogens with one attached hydrogen (secondary N) is 1. The third-order valence-electron chi connectivity index (χ3n) is 8.09. The largest absolute Gasteiger partial charge is 0.497 e. The highest BCUT2D eigenvalue weighted by Gasteiger charge is 2.34. The van der Waals surface area contributed by atoms with E-state index in [0.29, 0.717) is 23.7 Å². The van der Waals surface area contributed by atoms with Gasteiger partial charge in [-0.05, 0) is 61.2 Å². The first-order valence-electron chi connectivity index (χ1n) is 15.2. The fraction of sp³-hybridized carbons (Fsp3) is 0.412. The van der Waals surface area contributed by atoms with E-state index in [2.05, 4.69) is 5.32 Å². The summed E-state index contributed by atoms with van der Waals surface area (Å²) in [4.78, 5) is 29.6. The predicted molar refractivity (Wildman–Crippen MR) is 173 cm³/mol. The minimum atomic E-state index is -4.22. The van der Waals surface area contributed by atoms with Crippen LogP contribution in [0.2, 0.25) is 0 Å². The van der Waals surface area contributed by atoms with Gasteiger partial charge in [0.2, 0.25) is 11.8 Å². The summed E-state index contributed by atoms with van der Waals surface area (Å²) >= 11 is 0. The summed E-state index contributed by atoms with van der Waals surface area (Å²) in [5, 5.41) is 3.16. The van der Waals surface area contributed by atoms with Crippen LogP contribution in [0.15, 0.2) is 77.7 Å². The predicted octanol–water partition coefficient (Wildman–Crippen LogP) is 5.16. The maximum atomic E-state index is 14.4. The van der Waals surface area contributed by atoms with Gasteiger partial charge in [0.1, 0.15) is 18.3 Å². The van der Waals surface area contributed by atoms with Crippen LogP contribution in [0.4, 0.5) is 5.69 Å². The van der Waals surface area contributed by atoms with Gasteiger partial charge in [-0.25, -0.2) is 8.42 Å². The Labute approximate surface area is 266 Å². The molecular weight excluding hydrogens is 594 g/mol. The summed E-state index contributed by atoms with van der Waals surface area (Å²) in [7, 11) is 0.281. The molecule has 0 unspecified atom stereocenters. The van der Waals surface area contributed by atoms with E-state index in [4.69, 9.17) is 14.2 Å². The highest BCUT2D eigenvalue weighted by atomic mass is 32.2. The van der Waals surface area contributed by atoms with Gasteiger partial charge in [-0.1, -0.05) is 56.5 Å². The van der Waals surface area contributed by atoms with Crippen molar-refractivity contribution in [3.05, 3.63) is 78.4 Å². The van der Waals surface area contributed by atoms with E-state index in [1.807, 2.05) is 19.1 Å². The zero-order valence-electron chi connectivity index (χ0n) is 26.4. The molecule has 0 saturated heterocycles. The molecule has 1 aliphatic rings. The lowest BCUT2D eigenvalue weighted by molar-refractivity contribution is -0.140. The Morgan fingerprint density at radius 1 is 0.867 bits per heavy atom. The molecule has 3 aromatic rings. The van der Waals surface area contributed by atoms with Crippen molar-refractivity contribution in [3.63, 3.8) is 0 Å². The van der Waals surface area contributed by atoms with Gasteiger partial charge < -0.3 is 24.4 Å². The second kappa shape index (κ2) is 15.7. The van der Waals surface area contributed by atoms with E-state index in [1.54, 1.807) is 49.6 Å². The maximum Gasteiger partial charge on any atom is 0.264 e. The first-order valence-corrected chi connectivity index (χ1v) is 16.7. The van der Waals surface area contributed by atoms with E-state index in [9.17, 15) is 18.0 Å². The number of sulfonamides is 1. The molecule has 0 radical (unpaired) electrons. The van der Waals surface area contributed by atoms with Crippen LogP contribution in [-0.4, -0.2) is 65.1 Å². The molecule has 0 aromatic heterocycles. The Kier molecular flexibility index (Phi) is 11.7. The van der Waals surface area contributed by atoms with Gasteiger partial charge >= 0.3 is 0 Å². The number of methoxy groups -OCH3 is 3. The molecule has 10 nitrogen and oxygen atoms in total. The first-order chi connectivity index (χ1) is 21.7. The minimum absolute atomic E-state index is 0.0222. The number of benzene rings is 3. The summed E-state index contributed by atoms with van der Waals surface area (Å²) in [6.45, 7) is 1.38. The van der Waals surface area contributed by atoms with E-state index in [-0.39, 0.29) is 29.1 Å². The third kappa shape index (κ3) is 8.27. The number of hydrogen-bond donors (Lipinski definition) is 1. The Morgan fingerprint density at radius 3 is 2.22 bits per heavy atom. The molecule has 0 heterocycles. The lowest BCUT2D eigenvalue weighted by Gasteiger charge is -2.34. The lowest BCUT2D eigenvalue weighted by atomic mass is 9.95. The van der Waals surface area contributed by atoms with Gasteiger partial charge in [0.25, 0.3) is 10.0 Å². The molecule has 242 valence electrons. The van der Waals surface area contributed by atoms with Crippen LogP contribution in [0.5, 0.6) is 17.2 Å². The van der Waals surface area contributed by atoms with Crippen LogP contribution in [0, 0.1) is 0 Å². The van der Waals surface area contributed by atoms with Crippen LogP contribution in [0.25, 0.3) is 0 Å². The number of nitrogens with zero attached hydrogens (tertiary/aromatic N) is 2. The fourth-order valence-electron chi connectivity index (χ4n) is 5.66.